The quantitative estimate of drug-likeness (QED) is 0.662. The number of phenolic OH excluding ortho intramolecular Hbond substituents is 1. The lowest BCUT2D eigenvalue weighted by Gasteiger charge is -2.67. The van der Waals surface area contributed by atoms with Crippen molar-refractivity contribution in [3.8, 4) is 17.0 Å². The Kier molecular flexibility index (Phi) is 3.81. The molecule has 0 saturated carbocycles. The standard InChI is InChI=1S/C22H24N4O4/c1-21(2,3)22-10-13(26(22)20(28)29)11-25(12-22)19-24-17-16(27)8-7-14(18(17)30-19)15-6-4-5-9-23-15/h4-9,13,27H,10-12H2,1-3H3,(H,28,29). The Morgan fingerprint density at radius 3 is 2.73 bits per heavy atom. The minimum atomic E-state index is -0.881. The number of carbonyl (C=O) groups is 1. The number of aromatic hydroxyl groups is 1. The number of piperazine rings is 1. The number of hydrogen-bond acceptors (Lipinski definition) is 6. The number of hydrogen-bond donors (Lipinski definition) is 2. The Balaban J connectivity index is 1.57. The molecule has 3 aromatic rings. The van der Waals surface area contributed by atoms with Gasteiger partial charge in [0, 0.05) is 24.8 Å². The molecule has 8 heteroatoms. The SMILES string of the molecule is CC(C)(C)C12CC(CN(c3nc4c(O)ccc(-c5ccccn5)c4o3)C1)N2C(=O)O. The highest BCUT2D eigenvalue weighted by atomic mass is 16.4. The van der Waals surface area contributed by atoms with E-state index in [4.69, 9.17) is 4.42 Å². The Bertz CT molecular complexity index is 1140. The molecule has 6 rings (SSSR count). The lowest BCUT2D eigenvalue weighted by Crippen LogP contribution is -2.82. The summed E-state index contributed by atoms with van der Waals surface area (Å²) in [7, 11) is 0. The van der Waals surface area contributed by atoms with Gasteiger partial charge in [0.2, 0.25) is 0 Å². The van der Waals surface area contributed by atoms with Gasteiger partial charge in [-0.3, -0.25) is 9.88 Å². The van der Waals surface area contributed by atoms with Crippen molar-refractivity contribution in [1.29, 1.82) is 0 Å². The molecule has 2 N–H and O–H groups in total. The number of nitrogens with zero attached hydrogens (tertiary/aromatic N) is 4. The van der Waals surface area contributed by atoms with Crippen molar-refractivity contribution in [2.24, 2.45) is 5.41 Å². The molecule has 0 aliphatic carbocycles. The minimum absolute atomic E-state index is 0.0412. The van der Waals surface area contributed by atoms with Gasteiger partial charge < -0.3 is 19.5 Å². The number of piperidine rings is 1. The van der Waals surface area contributed by atoms with Crippen molar-refractivity contribution in [2.45, 2.75) is 38.8 Å². The van der Waals surface area contributed by atoms with Crippen LogP contribution in [-0.4, -0.2) is 55.8 Å². The Labute approximate surface area is 173 Å². The first-order valence-corrected chi connectivity index (χ1v) is 10.0. The van der Waals surface area contributed by atoms with Crippen LogP contribution in [0.3, 0.4) is 0 Å². The van der Waals surface area contributed by atoms with E-state index in [0.29, 0.717) is 30.2 Å². The first-order valence-electron chi connectivity index (χ1n) is 10.0. The van der Waals surface area contributed by atoms with Crippen LogP contribution in [0.1, 0.15) is 27.2 Å². The van der Waals surface area contributed by atoms with Gasteiger partial charge in [-0.05, 0) is 36.1 Å². The summed E-state index contributed by atoms with van der Waals surface area (Å²) < 4.78 is 6.15. The van der Waals surface area contributed by atoms with E-state index in [0.717, 1.165) is 17.7 Å². The van der Waals surface area contributed by atoms with Gasteiger partial charge in [-0.1, -0.05) is 26.8 Å². The van der Waals surface area contributed by atoms with Gasteiger partial charge in [-0.15, -0.1) is 0 Å². The molecule has 3 aliphatic rings. The molecule has 8 nitrogen and oxygen atoms in total. The van der Waals surface area contributed by atoms with E-state index in [1.165, 1.54) is 0 Å². The van der Waals surface area contributed by atoms with E-state index < -0.39 is 11.6 Å². The second kappa shape index (κ2) is 6.10. The highest BCUT2D eigenvalue weighted by Gasteiger charge is 2.64. The number of phenols is 1. The van der Waals surface area contributed by atoms with Crippen molar-refractivity contribution >= 4 is 23.2 Å². The summed E-state index contributed by atoms with van der Waals surface area (Å²) in [6.45, 7) is 7.21. The molecule has 0 spiro atoms. The number of amides is 1. The van der Waals surface area contributed by atoms with Crippen molar-refractivity contribution in [2.75, 3.05) is 18.0 Å². The first kappa shape index (κ1) is 18.7. The summed E-state index contributed by atoms with van der Waals surface area (Å²) in [4.78, 5) is 24.5. The number of rotatable bonds is 2. The van der Waals surface area contributed by atoms with Crippen molar-refractivity contribution in [1.82, 2.24) is 14.9 Å². The van der Waals surface area contributed by atoms with Gasteiger partial charge in [0.1, 0.15) is 5.75 Å². The second-order valence-electron chi connectivity index (χ2n) is 9.19. The highest BCUT2D eigenvalue weighted by molar-refractivity contribution is 5.93. The third kappa shape index (κ3) is 2.49. The molecular weight excluding hydrogens is 384 g/mol. The maximum absolute atomic E-state index is 11.9. The Morgan fingerprint density at radius 2 is 2.07 bits per heavy atom. The molecule has 2 aromatic heterocycles. The molecule has 2 bridgehead atoms. The zero-order valence-electron chi connectivity index (χ0n) is 17.2. The highest BCUT2D eigenvalue weighted by Crippen LogP contribution is 2.53. The maximum Gasteiger partial charge on any atom is 0.408 e. The number of aromatic nitrogens is 2. The van der Waals surface area contributed by atoms with E-state index >= 15 is 0 Å². The first-order chi connectivity index (χ1) is 14.2. The fraction of sp³-hybridized carbons (Fsp3) is 0.409. The number of pyridine rings is 1. The number of carboxylic acid groups (broad SMARTS) is 1. The monoisotopic (exact) mass is 408 g/mol. The average molecular weight is 408 g/mol. The molecule has 1 aromatic carbocycles. The topological polar surface area (TPSA) is 103 Å². The van der Waals surface area contributed by atoms with Gasteiger partial charge in [0.15, 0.2) is 11.1 Å². The molecule has 2 unspecified atom stereocenters. The second-order valence-corrected chi connectivity index (χ2v) is 9.19. The van der Waals surface area contributed by atoms with Crippen LogP contribution in [0, 0.1) is 5.41 Å². The zero-order chi connectivity index (χ0) is 21.3. The molecule has 1 amide bonds. The lowest BCUT2D eigenvalue weighted by molar-refractivity contribution is -0.125. The van der Waals surface area contributed by atoms with Crippen molar-refractivity contribution in [3.05, 3.63) is 36.5 Å². The molecule has 30 heavy (non-hydrogen) atoms. The molecule has 0 radical (unpaired) electrons. The summed E-state index contributed by atoms with van der Waals surface area (Å²) in [5.74, 6) is 0.0412. The van der Waals surface area contributed by atoms with E-state index in [2.05, 4.69) is 30.7 Å². The summed E-state index contributed by atoms with van der Waals surface area (Å²) in [6.07, 6.45) is 1.65. The average Bonchev–Trinajstić information content (AvgIpc) is 3.14. The molecule has 3 fully saturated rings. The lowest BCUT2D eigenvalue weighted by atomic mass is 9.60. The summed E-state index contributed by atoms with van der Waals surface area (Å²) in [6, 6.07) is 9.27. The predicted molar refractivity (Wildman–Crippen MR) is 112 cm³/mol. The largest absolute Gasteiger partial charge is 0.506 e. The number of benzene rings is 1. The summed E-state index contributed by atoms with van der Waals surface area (Å²) in [5.41, 5.74) is 1.59. The molecule has 2 atom stereocenters. The Morgan fingerprint density at radius 1 is 1.27 bits per heavy atom. The van der Waals surface area contributed by atoms with Crippen LogP contribution in [0.25, 0.3) is 22.4 Å². The third-order valence-corrected chi connectivity index (χ3v) is 6.61. The van der Waals surface area contributed by atoms with E-state index in [1.54, 1.807) is 23.2 Å². The fourth-order valence-electron chi connectivity index (χ4n) is 4.97. The number of oxazole rings is 1. The van der Waals surface area contributed by atoms with Gasteiger partial charge in [-0.2, -0.15) is 4.98 Å². The van der Waals surface area contributed by atoms with Crippen molar-refractivity contribution in [3.63, 3.8) is 0 Å². The van der Waals surface area contributed by atoms with Gasteiger partial charge in [0.05, 0.1) is 17.3 Å². The van der Waals surface area contributed by atoms with E-state index in [-0.39, 0.29) is 17.2 Å². The normalized spacial score (nSPS) is 23.5. The molecule has 5 heterocycles. The summed E-state index contributed by atoms with van der Waals surface area (Å²) >= 11 is 0. The van der Waals surface area contributed by atoms with Crippen LogP contribution in [0.5, 0.6) is 5.75 Å². The van der Waals surface area contributed by atoms with Crippen LogP contribution < -0.4 is 4.90 Å². The van der Waals surface area contributed by atoms with E-state index in [9.17, 15) is 15.0 Å². The molecular formula is C22H24N4O4. The maximum atomic E-state index is 11.9. The van der Waals surface area contributed by atoms with Gasteiger partial charge in [0.25, 0.3) is 6.01 Å². The predicted octanol–water partition coefficient (Wildman–Crippen LogP) is 3.95. The van der Waals surface area contributed by atoms with Crippen LogP contribution in [0.4, 0.5) is 10.8 Å². The molecule has 156 valence electrons. The van der Waals surface area contributed by atoms with Crippen LogP contribution in [-0.2, 0) is 0 Å². The molecule has 3 saturated heterocycles. The Hall–Kier alpha value is -3.29. The van der Waals surface area contributed by atoms with Crippen LogP contribution in [0.15, 0.2) is 40.9 Å². The smallest absolute Gasteiger partial charge is 0.408 e. The van der Waals surface area contributed by atoms with Crippen LogP contribution in [0.2, 0.25) is 0 Å². The van der Waals surface area contributed by atoms with E-state index in [1.807, 2.05) is 23.1 Å². The number of anilines is 1. The van der Waals surface area contributed by atoms with Crippen LogP contribution >= 0.6 is 0 Å². The van der Waals surface area contributed by atoms with Gasteiger partial charge >= 0.3 is 6.09 Å². The number of fused-ring (bicyclic) bond motifs is 3. The summed E-state index contributed by atoms with van der Waals surface area (Å²) in [5, 5.41) is 20.1. The van der Waals surface area contributed by atoms with Crippen molar-refractivity contribution < 1.29 is 19.4 Å². The zero-order valence-corrected chi connectivity index (χ0v) is 17.2. The minimum Gasteiger partial charge on any atom is -0.506 e. The fourth-order valence-corrected chi connectivity index (χ4v) is 4.97. The molecule has 3 aliphatic heterocycles. The third-order valence-electron chi connectivity index (χ3n) is 6.61. The van der Waals surface area contributed by atoms with Gasteiger partial charge in [-0.25, -0.2) is 4.79 Å².